The number of ether oxygens (including phenoxy) is 1. The minimum atomic E-state index is -0.207. The van der Waals surface area contributed by atoms with E-state index in [-0.39, 0.29) is 18.0 Å². The SMILES string of the molecule is CNC(=O)C(C)NC1CCCOc2c(C)cccc21. The molecule has 0 aromatic heterocycles. The van der Waals surface area contributed by atoms with Crippen LogP contribution < -0.4 is 15.4 Å². The number of para-hydroxylation sites is 1. The molecule has 0 saturated carbocycles. The number of carbonyl (C=O) groups is 1. The van der Waals surface area contributed by atoms with Crippen LogP contribution in [0.1, 0.15) is 36.9 Å². The standard InChI is InChI=1S/C15H22N2O2/c1-10-6-4-7-12-13(8-5-9-19-14(10)12)17-11(2)15(18)16-3/h4,6-7,11,13,17H,5,8-9H2,1-3H3,(H,16,18). The lowest BCUT2D eigenvalue weighted by Crippen LogP contribution is -2.42. The van der Waals surface area contributed by atoms with Gasteiger partial charge in [-0.05, 0) is 32.3 Å². The van der Waals surface area contributed by atoms with E-state index in [9.17, 15) is 4.79 Å². The van der Waals surface area contributed by atoms with Gasteiger partial charge in [0.05, 0.1) is 12.6 Å². The second-order valence-corrected chi connectivity index (χ2v) is 5.04. The minimum Gasteiger partial charge on any atom is -0.493 e. The highest BCUT2D eigenvalue weighted by Gasteiger charge is 2.23. The Kier molecular flexibility index (Phi) is 4.43. The molecule has 1 aliphatic rings. The summed E-state index contributed by atoms with van der Waals surface area (Å²) in [5, 5.41) is 6.07. The number of amides is 1. The highest BCUT2D eigenvalue weighted by Crippen LogP contribution is 2.34. The van der Waals surface area contributed by atoms with E-state index < -0.39 is 0 Å². The Morgan fingerprint density at radius 1 is 1.47 bits per heavy atom. The summed E-state index contributed by atoms with van der Waals surface area (Å²) < 4.78 is 5.84. The van der Waals surface area contributed by atoms with Gasteiger partial charge in [-0.1, -0.05) is 18.2 Å². The Morgan fingerprint density at radius 3 is 3.00 bits per heavy atom. The summed E-state index contributed by atoms with van der Waals surface area (Å²) in [6.07, 6.45) is 1.98. The van der Waals surface area contributed by atoms with Gasteiger partial charge >= 0.3 is 0 Å². The average Bonchev–Trinajstić information content (AvgIpc) is 2.62. The van der Waals surface area contributed by atoms with Crippen LogP contribution in [-0.4, -0.2) is 25.6 Å². The van der Waals surface area contributed by atoms with Gasteiger partial charge in [0.15, 0.2) is 0 Å². The Balaban J connectivity index is 2.22. The summed E-state index contributed by atoms with van der Waals surface area (Å²) in [4.78, 5) is 11.6. The molecule has 2 unspecified atom stereocenters. The van der Waals surface area contributed by atoms with Gasteiger partial charge in [-0.25, -0.2) is 0 Å². The maximum Gasteiger partial charge on any atom is 0.236 e. The molecule has 1 aliphatic heterocycles. The van der Waals surface area contributed by atoms with Gasteiger partial charge in [-0.15, -0.1) is 0 Å². The first-order valence-corrected chi connectivity index (χ1v) is 6.83. The van der Waals surface area contributed by atoms with E-state index in [1.807, 2.05) is 13.0 Å². The van der Waals surface area contributed by atoms with Gasteiger partial charge in [0.1, 0.15) is 5.75 Å². The summed E-state index contributed by atoms with van der Waals surface area (Å²) in [5.74, 6) is 0.987. The quantitative estimate of drug-likeness (QED) is 0.875. The van der Waals surface area contributed by atoms with Crippen LogP contribution in [0.25, 0.3) is 0 Å². The van der Waals surface area contributed by atoms with Crippen molar-refractivity contribution >= 4 is 5.91 Å². The summed E-state index contributed by atoms with van der Waals surface area (Å²) in [6, 6.07) is 6.15. The van der Waals surface area contributed by atoms with E-state index in [2.05, 4.69) is 29.7 Å². The van der Waals surface area contributed by atoms with Crippen molar-refractivity contribution in [1.82, 2.24) is 10.6 Å². The Bertz CT molecular complexity index is 459. The number of hydrogen-bond acceptors (Lipinski definition) is 3. The van der Waals surface area contributed by atoms with Crippen LogP contribution in [-0.2, 0) is 4.79 Å². The van der Waals surface area contributed by atoms with Gasteiger partial charge in [0.2, 0.25) is 5.91 Å². The zero-order chi connectivity index (χ0) is 13.8. The highest BCUT2D eigenvalue weighted by atomic mass is 16.5. The second-order valence-electron chi connectivity index (χ2n) is 5.04. The molecule has 1 amide bonds. The monoisotopic (exact) mass is 262 g/mol. The molecule has 1 heterocycles. The number of carbonyl (C=O) groups excluding carboxylic acids is 1. The summed E-state index contributed by atoms with van der Waals surface area (Å²) in [7, 11) is 1.66. The first kappa shape index (κ1) is 13.9. The van der Waals surface area contributed by atoms with E-state index in [0.717, 1.165) is 36.3 Å². The molecular formula is C15H22N2O2. The lowest BCUT2D eigenvalue weighted by Gasteiger charge is -2.22. The van der Waals surface area contributed by atoms with Crippen LogP contribution in [0.2, 0.25) is 0 Å². The first-order valence-electron chi connectivity index (χ1n) is 6.83. The summed E-state index contributed by atoms with van der Waals surface area (Å²) in [5.41, 5.74) is 2.31. The predicted octanol–water partition coefficient (Wildman–Crippen LogP) is 1.93. The molecule has 104 valence electrons. The molecule has 0 aliphatic carbocycles. The average molecular weight is 262 g/mol. The van der Waals surface area contributed by atoms with E-state index in [1.54, 1.807) is 7.05 Å². The molecule has 4 heteroatoms. The van der Waals surface area contributed by atoms with Crippen LogP contribution >= 0.6 is 0 Å². The molecule has 2 N–H and O–H groups in total. The topological polar surface area (TPSA) is 50.4 Å². The predicted molar refractivity (Wildman–Crippen MR) is 75.3 cm³/mol. The fourth-order valence-corrected chi connectivity index (χ4v) is 2.53. The lowest BCUT2D eigenvalue weighted by atomic mass is 9.99. The minimum absolute atomic E-state index is 0.0133. The molecule has 0 bridgehead atoms. The van der Waals surface area contributed by atoms with E-state index in [1.165, 1.54) is 0 Å². The van der Waals surface area contributed by atoms with Crippen LogP contribution in [0.15, 0.2) is 18.2 Å². The summed E-state index contributed by atoms with van der Waals surface area (Å²) in [6.45, 7) is 4.69. The third-order valence-electron chi connectivity index (χ3n) is 3.59. The zero-order valence-electron chi connectivity index (χ0n) is 11.8. The molecule has 2 rings (SSSR count). The van der Waals surface area contributed by atoms with Gasteiger partial charge in [0.25, 0.3) is 0 Å². The Hall–Kier alpha value is -1.55. The highest BCUT2D eigenvalue weighted by molar-refractivity contribution is 5.81. The molecule has 1 aromatic rings. The number of fused-ring (bicyclic) bond motifs is 1. The van der Waals surface area contributed by atoms with Gasteiger partial charge < -0.3 is 10.1 Å². The first-order chi connectivity index (χ1) is 9.13. The van der Waals surface area contributed by atoms with Crippen LogP contribution in [0.5, 0.6) is 5.75 Å². The van der Waals surface area contributed by atoms with Gasteiger partial charge in [-0.3, -0.25) is 10.1 Å². The van der Waals surface area contributed by atoms with Crippen LogP contribution in [0.3, 0.4) is 0 Å². The summed E-state index contributed by atoms with van der Waals surface area (Å²) >= 11 is 0. The third-order valence-corrected chi connectivity index (χ3v) is 3.59. The zero-order valence-corrected chi connectivity index (χ0v) is 11.8. The number of benzene rings is 1. The van der Waals surface area contributed by atoms with Crippen molar-refractivity contribution in [3.8, 4) is 5.75 Å². The van der Waals surface area contributed by atoms with Crippen molar-refractivity contribution in [2.75, 3.05) is 13.7 Å². The maximum atomic E-state index is 11.6. The van der Waals surface area contributed by atoms with Crippen molar-refractivity contribution in [3.05, 3.63) is 29.3 Å². The van der Waals surface area contributed by atoms with Gasteiger partial charge in [-0.2, -0.15) is 0 Å². The van der Waals surface area contributed by atoms with E-state index in [0.29, 0.717) is 0 Å². The number of hydrogen-bond donors (Lipinski definition) is 2. The normalized spacial score (nSPS) is 19.8. The molecule has 0 fully saturated rings. The largest absolute Gasteiger partial charge is 0.493 e. The Morgan fingerprint density at radius 2 is 2.26 bits per heavy atom. The fraction of sp³-hybridized carbons (Fsp3) is 0.533. The lowest BCUT2D eigenvalue weighted by molar-refractivity contribution is -0.122. The second kappa shape index (κ2) is 6.06. The molecule has 4 nitrogen and oxygen atoms in total. The fourth-order valence-electron chi connectivity index (χ4n) is 2.53. The number of aryl methyl sites for hydroxylation is 1. The van der Waals surface area contributed by atoms with Crippen molar-refractivity contribution in [2.45, 2.75) is 38.8 Å². The van der Waals surface area contributed by atoms with Crippen molar-refractivity contribution in [3.63, 3.8) is 0 Å². The van der Waals surface area contributed by atoms with E-state index >= 15 is 0 Å². The Labute approximate surface area is 114 Å². The van der Waals surface area contributed by atoms with Crippen LogP contribution in [0.4, 0.5) is 0 Å². The number of nitrogens with one attached hydrogen (secondary N) is 2. The van der Waals surface area contributed by atoms with Gasteiger partial charge in [0, 0.05) is 18.7 Å². The van der Waals surface area contributed by atoms with Crippen molar-refractivity contribution < 1.29 is 9.53 Å². The molecule has 2 atom stereocenters. The molecule has 0 spiro atoms. The molecule has 1 aromatic carbocycles. The number of rotatable bonds is 3. The number of likely N-dealkylation sites (N-methyl/N-ethyl adjacent to an activating group) is 1. The molecule has 19 heavy (non-hydrogen) atoms. The molecule has 0 saturated heterocycles. The maximum absolute atomic E-state index is 11.6. The van der Waals surface area contributed by atoms with Crippen molar-refractivity contribution in [2.24, 2.45) is 0 Å². The molecular weight excluding hydrogens is 240 g/mol. The smallest absolute Gasteiger partial charge is 0.236 e. The van der Waals surface area contributed by atoms with E-state index in [4.69, 9.17) is 4.74 Å². The third kappa shape index (κ3) is 3.07. The molecule has 0 radical (unpaired) electrons. The van der Waals surface area contributed by atoms with Crippen molar-refractivity contribution in [1.29, 1.82) is 0 Å². The van der Waals surface area contributed by atoms with Crippen LogP contribution in [0, 0.1) is 6.92 Å².